The van der Waals surface area contributed by atoms with Crippen molar-refractivity contribution >= 4 is 50.6 Å². The van der Waals surface area contributed by atoms with E-state index < -0.39 is 5.97 Å². The van der Waals surface area contributed by atoms with E-state index in [9.17, 15) is 9.59 Å². The van der Waals surface area contributed by atoms with Crippen LogP contribution >= 0.6 is 27.3 Å². The summed E-state index contributed by atoms with van der Waals surface area (Å²) in [5, 5.41) is 17.8. The normalized spacial score (nSPS) is 9.95. The Balaban J connectivity index is 2.07. The number of anilines is 2. The van der Waals surface area contributed by atoms with E-state index in [0.717, 1.165) is 0 Å². The zero-order valence-corrected chi connectivity index (χ0v) is 11.9. The molecule has 2 amide bonds. The Labute approximate surface area is 121 Å². The molecule has 0 aliphatic carbocycles. The molecule has 1 heterocycles. The van der Waals surface area contributed by atoms with Crippen molar-refractivity contribution in [1.82, 2.24) is 0 Å². The first-order valence-corrected chi connectivity index (χ1v) is 6.93. The van der Waals surface area contributed by atoms with Crippen LogP contribution in [0.3, 0.4) is 0 Å². The van der Waals surface area contributed by atoms with Gasteiger partial charge in [-0.3, -0.25) is 0 Å². The molecule has 0 bridgehead atoms. The summed E-state index contributed by atoms with van der Waals surface area (Å²) in [6.45, 7) is 0. The Kier molecular flexibility index (Phi) is 4.18. The molecular formula is C12H9BrN2O3S. The number of amides is 2. The Hall–Kier alpha value is -1.86. The van der Waals surface area contributed by atoms with Gasteiger partial charge in [0.05, 0.1) is 16.9 Å². The second-order valence-electron chi connectivity index (χ2n) is 3.59. The van der Waals surface area contributed by atoms with Crippen molar-refractivity contribution in [3.8, 4) is 0 Å². The van der Waals surface area contributed by atoms with Crippen LogP contribution in [-0.2, 0) is 0 Å². The van der Waals surface area contributed by atoms with Gasteiger partial charge in [-0.2, -0.15) is 11.3 Å². The molecule has 2 rings (SSSR count). The van der Waals surface area contributed by atoms with Crippen LogP contribution in [0.25, 0.3) is 0 Å². The van der Waals surface area contributed by atoms with E-state index in [0.29, 0.717) is 15.8 Å². The highest BCUT2D eigenvalue weighted by molar-refractivity contribution is 9.10. The van der Waals surface area contributed by atoms with Crippen LogP contribution in [0.2, 0.25) is 0 Å². The Morgan fingerprint density at radius 2 is 2.00 bits per heavy atom. The van der Waals surface area contributed by atoms with Crippen LogP contribution in [0.1, 0.15) is 10.4 Å². The number of thiophene rings is 1. The van der Waals surface area contributed by atoms with Crippen molar-refractivity contribution in [2.24, 2.45) is 0 Å². The van der Waals surface area contributed by atoms with Crippen molar-refractivity contribution in [3.63, 3.8) is 0 Å². The predicted molar refractivity (Wildman–Crippen MR) is 78.1 cm³/mol. The van der Waals surface area contributed by atoms with Gasteiger partial charge in [-0.05, 0) is 45.6 Å². The maximum absolute atomic E-state index is 11.7. The first-order valence-electron chi connectivity index (χ1n) is 5.19. The lowest BCUT2D eigenvalue weighted by molar-refractivity contribution is 0.0697. The monoisotopic (exact) mass is 340 g/mol. The lowest BCUT2D eigenvalue weighted by Crippen LogP contribution is -2.19. The lowest BCUT2D eigenvalue weighted by atomic mass is 10.2. The van der Waals surface area contributed by atoms with Gasteiger partial charge >= 0.3 is 12.0 Å². The second-order valence-corrected chi connectivity index (χ2v) is 5.23. The fraction of sp³-hybridized carbons (Fsp3) is 0. The van der Waals surface area contributed by atoms with Crippen LogP contribution in [0.5, 0.6) is 0 Å². The summed E-state index contributed by atoms with van der Waals surface area (Å²) in [5.74, 6) is -1.02. The summed E-state index contributed by atoms with van der Waals surface area (Å²) in [7, 11) is 0. The molecule has 0 atom stereocenters. The van der Waals surface area contributed by atoms with Crippen molar-refractivity contribution in [1.29, 1.82) is 0 Å². The minimum atomic E-state index is -1.02. The third kappa shape index (κ3) is 3.55. The van der Waals surface area contributed by atoms with Crippen LogP contribution in [0.4, 0.5) is 16.2 Å². The van der Waals surface area contributed by atoms with Gasteiger partial charge in [0.15, 0.2) is 0 Å². The van der Waals surface area contributed by atoms with Gasteiger partial charge in [-0.1, -0.05) is 0 Å². The fourth-order valence-corrected chi connectivity index (χ4v) is 2.44. The van der Waals surface area contributed by atoms with Crippen LogP contribution in [0, 0.1) is 0 Å². The Morgan fingerprint density at radius 1 is 1.21 bits per heavy atom. The summed E-state index contributed by atoms with van der Waals surface area (Å²) < 4.78 is 0.507. The molecule has 3 N–H and O–H groups in total. The molecule has 0 radical (unpaired) electrons. The molecule has 0 spiro atoms. The molecule has 0 aliphatic rings. The SMILES string of the molecule is O=C(Nc1ccsc1)Nc1ccc(C(=O)O)cc1Br. The van der Waals surface area contributed by atoms with Gasteiger partial charge in [0.2, 0.25) is 0 Å². The zero-order valence-electron chi connectivity index (χ0n) is 9.51. The van der Waals surface area contributed by atoms with Gasteiger partial charge in [-0.15, -0.1) is 0 Å². The molecule has 2 aromatic rings. The summed E-state index contributed by atoms with van der Waals surface area (Å²) in [4.78, 5) is 22.5. The fourth-order valence-electron chi connectivity index (χ4n) is 1.37. The van der Waals surface area contributed by atoms with Crippen molar-refractivity contribution in [2.45, 2.75) is 0 Å². The number of carboxylic acids is 1. The largest absolute Gasteiger partial charge is 0.478 e. The molecule has 0 unspecified atom stereocenters. The summed E-state index contributed by atoms with van der Waals surface area (Å²) in [6.07, 6.45) is 0. The molecule has 19 heavy (non-hydrogen) atoms. The van der Waals surface area contributed by atoms with Crippen molar-refractivity contribution < 1.29 is 14.7 Å². The van der Waals surface area contributed by atoms with Gasteiger partial charge in [0.25, 0.3) is 0 Å². The van der Waals surface area contributed by atoms with Gasteiger partial charge in [0, 0.05) is 9.85 Å². The first kappa shape index (κ1) is 13.6. The number of carbonyl (C=O) groups excluding carboxylic acids is 1. The highest BCUT2D eigenvalue weighted by atomic mass is 79.9. The van der Waals surface area contributed by atoms with E-state index in [1.54, 1.807) is 6.07 Å². The van der Waals surface area contributed by atoms with Gasteiger partial charge < -0.3 is 15.7 Å². The average Bonchev–Trinajstić information content (AvgIpc) is 2.84. The quantitative estimate of drug-likeness (QED) is 0.793. The number of rotatable bonds is 3. The molecule has 1 aromatic heterocycles. The molecule has 5 nitrogen and oxygen atoms in total. The molecule has 7 heteroatoms. The van der Waals surface area contributed by atoms with E-state index in [1.165, 1.54) is 29.5 Å². The number of benzene rings is 1. The summed E-state index contributed by atoms with van der Waals surface area (Å²) in [6, 6.07) is 5.78. The molecular weight excluding hydrogens is 332 g/mol. The number of carbonyl (C=O) groups is 2. The minimum absolute atomic E-state index is 0.149. The number of urea groups is 1. The molecule has 0 aliphatic heterocycles. The average molecular weight is 341 g/mol. The topological polar surface area (TPSA) is 78.4 Å². The number of halogens is 1. The Bertz CT molecular complexity index is 613. The van der Waals surface area contributed by atoms with Crippen LogP contribution in [-0.4, -0.2) is 17.1 Å². The number of nitrogens with one attached hydrogen (secondary N) is 2. The number of carboxylic acid groups (broad SMARTS) is 1. The number of aromatic carboxylic acids is 1. The lowest BCUT2D eigenvalue weighted by Gasteiger charge is -2.08. The van der Waals surface area contributed by atoms with E-state index in [4.69, 9.17) is 5.11 Å². The molecule has 98 valence electrons. The standard InChI is InChI=1S/C12H9BrN2O3S/c13-9-5-7(11(16)17)1-2-10(9)15-12(18)14-8-3-4-19-6-8/h1-6H,(H,16,17)(H2,14,15,18). The van der Waals surface area contributed by atoms with Gasteiger partial charge in [0.1, 0.15) is 0 Å². The van der Waals surface area contributed by atoms with Crippen molar-refractivity contribution in [2.75, 3.05) is 10.6 Å². The number of hydrogen-bond acceptors (Lipinski definition) is 3. The maximum atomic E-state index is 11.7. The molecule has 0 saturated carbocycles. The molecule has 1 aromatic carbocycles. The van der Waals surface area contributed by atoms with Crippen molar-refractivity contribution in [3.05, 3.63) is 45.1 Å². The van der Waals surface area contributed by atoms with Crippen LogP contribution < -0.4 is 10.6 Å². The summed E-state index contributed by atoms with van der Waals surface area (Å²) in [5.41, 5.74) is 1.36. The minimum Gasteiger partial charge on any atom is -0.478 e. The van der Waals surface area contributed by atoms with Gasteiger partial charge in [-0.25, -0.2) is 9.59 Å². The van der Waals surface area contributed by atoms with E-state index in [-0.39, 0.29) is 11.6 Å². The Morgan fingerprint density at radius 3 is 2.58 bits per heavy atom. The third-order valence-corrected chi connectivity index (χ3v) is 3.58. The number of hydrogen-bond donors (Lipinski definition) is 3. The third-order valence-electron chi connectivity index (χ3n) is 2.24. The van der Waals surface area contributed by atoms with E-state index in [1.807, 2.05) is 10.8 Å². The predicted octanol–water partition coefficient (Wildman–Crippen LogP) is 3.85. The van der Waals surface area contributed by atoms with E-state index >= 15 is 0 Å². The molecule has 0 fully saturated rings. The second kappa shape index (κ2) is 5.85. The van der Waals surface area contributed by atoms with E-state index in [2.05, 4.69) is 26.6 Å². The molecule has 0 saturated heterocycles. The highest BCUT2D eigenvalue weighted by Gasteiger charge is 2.09. The summed E-state index contributed by atoms with van der Waals surface area (Å²) >= 11 is 4.70. The first-order chi connectivity index (χ1) is 9.06. The van der Waals surface area contributed by atoms with Crippen LogP contribution in [0.15, 0.2) is 39.5 Å². The highest BCUT2D eigenvalue weighted by Crippen LogP contribution is 2.24. The smallest absolute Gasteiger partial charge is 0.335 e. The zero-order chi connectivity index (χ0) is 13.8. The maximum Gasteiger partial charge on any atom is 0.335 e.